The van der Waals surface area contributed by atoms with E-state index < -0.39 is 0 Å². The summed E-state index contributed by atoms with van der Waals surface area (Å²) in [6.45, 7) is 10.2. The number of piperidine rings is 1. The minimum Gasteiger partial charge on any atom is -0.377 e. The third-order valence-electron chi connectivity index (χ3n) is 4.03. The minimum atomic E-state index is -0.0720. The average molecular weight is 292 g/mol. The Hall–Kier alpha value is -1.20. The lowest BCUT2D eigenvalue weighted by Gasteiger charge is -2.39. The monoisotopic (exact) mass is 292 g/mol. The summed E-state index contributed by atoms with van der Waals surface area (Å²) in [4.78, 5) is 11.4. The lowest BCUT2D eigenvalue weighted by molar-refractivity contribution is -0.00482. The standard InChI is InChI=1S/C16H28N4O/c1-13(2)8-17-9-14-10-19-15(11-18-14)20-7-5-6-16(3,12-20)21-4/h10-11,13,17H,5-9,12H2,1-4H3. The van der Waals surface area contributed by atoms with Gasteiger partial charge >= 0.3 is 0 Å². The lowest BCUT2D eigenvalue weighted by Crippen LogP contribution is -2.47. The number of hydrogen-bond acceptors (Lipinski definition) is 5. The second-order valence-corrected chi connectivity index (χ2v) is 6.57. The van der Waals surface area contributed by atoms with Crippen LogP contribution in [-0.4, -0.2) is 42.3 Å². The molecule has 1 aromatic heterocycles. The predicted molar refractivity (Wildman–Crippen MR) is 85.4 cm³/mol. The molecule has 1 aromatic rings. The van der Waals surface area contributed by atoms with E-state index in [0.717, 1.165) is 50.5 Å². The molecular formula is C16H28N4O. The van der Waals surface area contributed by atoms with Crippen molar-refractivity contribution in [3.63, 3.8) is 0 Å². The maximum Gasteiger partial charge on any atom is 0.147 e. The molecule has 1 aliphatic heterocycles. The van der Waals surface area contributed by atoms with Crippen molar-refractivity contribution in [2.45, 2.75) is 45.8 Å². The van der Waals surface area contributed by atoms with E-state index >= 15 is 0 Å². The first-order chi connectivity index (χ1) is 10.0. The Labute approximate surface area is 128 Å². The number of ether oxygens (including phenoxy) is 1. The fourth-order valence-corrected chi connectivity index (χ4v) is 2.66. The van der Waals surface area contributed by atoms with Gasteiger partial charge in [0.05, 0.1) is 23.7 Å². The number of rotatable bonds is 6. The first-order valence-electron chi connectivity index (χ1n) is 7.84. The van der Waals surface area contributed by atoms with Gasteiger partial charge in [0.2, 0.25) is 0 Å². The van der Waals surface area contributed by atoms with Crippen LogP contribution in [0.15, 0.2) is 12.4 Å². The fraction of sp³-hybridized carbons (Fsp3) is 0.750. The highest BCUT2D eigenvalue weighted by molar-refractivity contribution is 5.37. The molecule has 0 bridgehead atoms. The fourth-order valence-electron chi connectivity index (χ4n) is 2.66. The molecule has 0 aromatic carbocycles. The first kappa shape index (κ1) is 16.2. The maximum absolute atomic E-state index is 5.63. The third-order valence-corrected chi connectivity index (χ3v) is 4.03. The summed E-state index contributed by atoms with van der Waals surface area (Å²) in [6.07, 6.45) is 5.99. The second-order valence-electron chi connectivity index (χ2n) is 6.57. The molecule has 2 heterocycles. The van der Waals surface area contributed by atoms with Gasteiger partial charge in [0.25, 0.3) is 0 Å². The maximum atomic E-state index is 5.63. The summed E-state index contributed by atoms with van der Waals surface area (Å²) in [7, 11) is 1.79. The number of anilines is 1. The van der Waals surface area contributed by atoms with Gasteiger partial charge in [-0.15, -0.1) is 0 Å². The van der Waals surface area contributed by atoms with Crippen LogP contribution in [-0.2, 0) is 11.3 Å². The Morgan fingerprint density at radius 1 is 1.38 bits per heavy atom. The molecule has 1 aliphatic rings. The average Bonchev–Trinajstić information content (AvgIpc) is 2.48. The zero-order valence-corrected chi connectivity index (χ0v) is 13.7. The van der Waals surface area contributed by atoms with Gasteiger partial charge in [-0.1, -0.05) is 13.8 Å². The lowest BCUT2D eigenvalue weighted by atomic mass is 9.95. The van der Waals surface area contributed by atoms with Crippen molar-refractivity contribution in [3.05, 3.63) is 18.1 Å². The minimum absolute atomic E-state index is 0.0720. The summed E-state index contributed by atoms with van der Waals surface area (Å²) >= 11 is 0. The van der Waals surface area contributed by atoms with E-state index in [4.69, 9.17) is 4.74 Å². The molecule has 1 atom stereocenters. The SMILES string of the molecule is COC1(C)CCCN(c2cnc(CNCC(C)C)cn2)C1. The molecule has 0 radical (unpaired) electrons. The third kappa shape index (κ3) is 4.64. The Morgan fingerprint density at radius 2 is 2.19 bits per heavy atom. The van der Waals surface area contributed by atoms with Gasteiger partial charge in [0, 0.05) is 26.7 Å². The summed E-state index contributed by atoms with van der Waals surface area (Å²) in [6, 6.07) is 0. The highest BCUT2D eigenvalue weighted by atomic mass is 16.5. The number of methoxy groups -OCH3 is 1. The van der Waals surface area contributed by atoms with Crippen molar-refractivity contribution in [1.82, 2.24) is 15.3 Å². The Kier molecular flexibility index (Phi) is 5.53. The van der Waals surface area contributed by atoms with Crippen LogP contribution in [0, 0.1) is 5.92 Å². The topological polar surface area (TPSA) is 50.3 Å². The van der Waals surface area contributed by atoms with Gasteiger partial charge in [-0.05, 0) is 32.2 Å². The molecule has 0 aliphatic carbocycles. The van der Waals surface area contributed by atoms with Crippen LogP contribution in [0.3, 0.4) is 0 Å². The van der Waals surface area contributed by atoms with Crippen LogP contribution in [0.1, 0.15) is 39.3 Å². The van der Waals surface area contributed by atoms with E-state index in [1.54, 1.807) is 7.11 Å². The van der Waals surface area contributed by atoms with E-state index in [-0.39, 0.29) is 5.60 Å². The first-order valence-corrected chi connectivity index (χ1v) is 7.84. The van der Waals surface area contributed by atoms with Crippen molar-refractivity contribution in [1.29, 1.82) is 0 Å². The summed E-state index contributed by atoms with van der Waals surface area (Å²) in [5.41, 5.74) is 0.920. The molecule has 0 spiro atoms. The number of hydrogen-bond donors (Lipinski definition) is 1. The van der Waals surface area contributed by atoms with Crippen LogP contribution in [0.2, 0.25) is 0 Å². The highest BCUT2D eigenvalue weighted by Gasteiger charge is 2.31. The molecule has 21 heavy (non-hydrogen) atoms. The van der Waals surface area contributed by atoms with E-state index in [1.807, 2.05) is 12.4 Å². The summed E-state index contributed by atoms with van der Waals surface area (Å²) in [5, 5.41) is 3.39. The molecule has 0 saturated carbocycles. The van der Waals surface area contributed by atoms with Gasteiger partial charge < -0.3 is 15.0 Å². The number of nitrogens with one attached hydrogen (secondary N) is 1. The van der Waals surface area contributed by atoms with Crippen LogP contribution >= 0.6 is 0 Å². The van der Waals surface area contributed by atoms with Gasteiger partial charge in [-0.3, -0.25) is 4.98 Å². The van der Waals surface area contributed by atoms with Crippen LogP contribution in [0.5, 0.6) is 0 Å². The molecule has 5 heteroatoms. The Morgan fingerprint density at radius 3 is 2.81 bits per heavy atom. The quantitative estimate of drug-likeness (QED) is 0.871. The van der Waals surface area contributed by atoms with Crippen molar-refractivity contribution < 1.29 is 4.74 Å². The van der Waals surface area contributed by atoms with E-state index in [1.165, 1.54) is 0 Å². The Bertz CT molecular complexity index is 434. The number of nitrogens with zero attached hydrogens (tertiary/aromatic N) is 3. The van der Waals surface area contributed by atoms with Crippen molar-refractivity contribution in [2.75, 3.05) is 31.6 Å². The molecule has 1 saturated heterocycles. The largest absolute Gasteiger partial charge is 0.377 e. The van der Waals surface area contributed by atoms with E-state index in [2.05, 4.69) is 41.0 Å². The van der Waals surface area contributed by atoms with Crippen LogP contribution in [0.25, 0.3) is 0 Å². The van der Waals surface area contributed by atoms with Gasteiger partial charge in [-0.2, -0.15) is 0 Å². The predicted octanol–water partition coefficient (Wildman–Crippen LogP) is 2.23. The summed E-state index contributed by atoms with van der Waals surface area (Å²) in [5.74, 6) is 1.60. The molecule has 1 fully saturated rings. The van der Waals surface area contributed by atoms with E-state index in [0.29, 0.717) is 5.92 Å². The molecular weight excluding hydrogens is 264 g/mol. The van der Waals surface area contributed by atoms with Gasteiger partial charge in [0.1, 0.15) is 5.82 Å². The number of aromatic nitrogens is 2. The zero-order chi connectivity index (χ0) is 15.3. The van der Waals surface area contributed by atoms with Crippen LogP contribution < -0.4 is 10.2 Å². The Balaban J connectivity index is 1.92. The van der Waals surface area contributed by atoms with Crippen molar-refractivity contribution >= 4 is 5.82 Å². The molecule has 1 N–H and O–H groups in total. The smallest absolute Gasteiger partial charge is 0.147 e. The van der Waals surface area contributed by atoms with Crippen molar-refractivity contribution in [3.8, 4) is 0 Å². The zero-order valence-electron chi connectivity index (χ0n) is 13.7. The molecule has 5 nitrogen and oxygen atoms in total. The highest BCUT2D eigenvalue weighted by Crippen LogP contribution is 2.26. The van der Waals surface area contributed by atoms with Gasteiger partial charge in [0.15, 0.2) is 0 Å². The molecule has 1 unspecified atom stereocenters. The van der Waals surface area contributed by atoms with Gasteiger partial charge in [-0.25, -0.2) is 4.98 Å². The molecule has 2 rings (SSSR count). The molecule has 0 amide bonds. The summed E-state index contributed by atoms with van der Waals surface area (Å²) < 4.78 is 5.63. The van der Waals surface area contributed by atoms with Crippen LogP contribution in [0.4, 0.5) is 5.82 Å². The second kappa shape index (κ2) is 7.18. The van der Waals surface area contributed by atoms with E-state index in [9.17, 15) is 0 Å². The normalized spacial score (nSPS) is 22.8. The molecule has 118 valence electrons. The van der Waals surface area contributed by atoms with Crippen molar-refractivity contribution in [2.24, 2.45) is 5.92 Å².